The van der Waals surface area contributed by atoms with Crippen molar-refractivity contribution in [1.82, 2.24) is 10.6 Å². The summed E-state index contributed by atoms with van der Waals surface area (Å²) in [7, 11) is 0. The van der Waals surface area contributed by atoms with Gasteiger partial charge in [-0.25, -0.2) is 9.59 Å². The van der Waals surface area contributed by atoms with Gasteiger partial charge in [0, 0.05) is 25.8 Å². The van der Waals surface area contributed by atoms with Crippen LogP contribution >= 0.6 is 0 Å². The van der Waals surface area contributed by atoms with E-state index in [0.717, 1.165) is 16.8 Å². The van der Waals surface area contributed by atoms with Crippen molar-refractivity contribution in [2.75, 3.05) is 6.61 Å². The van der Waals surface area contributed by atoms with E-state index >= 15 is 0 Å². The van der Waals surface area contributed by atoms with Crippen LogP contribution in [0, 0.1) is 0 Å². The third-order valence-electron chi connectivity index (χ3n) is 5.51. The van der Waals surface area contributed by atoms with Gasteiger partial charge in [-0.2, -0.15) is 0 Å². The molecular weight excluding hydrogens is 382 g/mol. The fraction of sp³-hybridized carbons (Fsp3) is 0.348. The summed E-state index contributed by atoms with van der Waals surface area (Å²) in [5.41, 5.74) is 1.12. The molecule has 2 aromatic carbocycles. The highest BCUT2D eigenvalue weighted by molar-refractivity contribution is 6.02. The zero-order chi connectivity index (χ0) is 21.0. The van der Waals surface area contributed by atoms with Gasteiger partial charge in [0.05, 0.1) is 12.3 Å². The molecule has 7 heteroatoms. The minimum Gasteiger partial charge on any atom is -0.464 e. The van der Waals surface area contributed by atoms with E-state index in [9.17, 15) is 9.59 Å². The van der Waals surface area contributed by atoms with E-state index in [1.807, 2.05) is 60.7 Å². The summed E-state index contributed by atoms with van der Waals surface area (Å²) >= 11 is 0. The van der Waals surface area contributed by atoms with E-state index in [2.05, 4.69) is 15.8 Å². The molecule has 1 fully saturated rings. The number of benzene rings is 2. The van der Waals surface area contributed by atoms with Gasteiger partial charge in [0.2, 0.25) is 0 Å². The molecule has 7 nitrogen and oxygen atoms in total. The molecule has 0 radical (unpaired) electrons. The van der Waals surface area contributed by atoms with Crippen LogP contribution in [0.15, 0.2) is 65.8 Å². The molecule has 2 aliphatic rings. The lowest BCUT2D eigenvalue weighted by molar-refractivity contribution is -0.177. The number of ether oxygens (including phenoxy) is 1. The lowest BCUT2D eigenvalue weighted by atomic mass is 9.62. The van der Waals surface area contributed by atoms with Crippen LogP contribution in [0.4, 0.5) is 4.79 Å². The summed E-state index contributed by atoms with van der Waals surface area (Å²) in [6, 6.07) is 19.0. The summed E-state index contributed by atoms with van der Waals surface area (Å²) in [6.45, 7) is 2.36. The first kappa shape index (κ1) is 19.9. The van der Waals surface area contributed by atoms with Crippen molar-refractivity contribution >= 4 is 17.7 Å². The molecule has 0 aromatic heterocycles. The largest absolute Gasteiger partial charge is 0.464 e. The van der Waals surface area contributed by atoms with Crippen molar-refractivity contribution < 1.29 is 19.2 Å². The first-order chi connectivity index (χ1) is 14.5. The first-order valence-corrected chi connectivity index (χ1v) is 10.1. The molecule has 1 heterocycles. The Morgan fingerprint density at radius 3 is 2.40 bits per heavy atom. The Bertz CT molecular complexity index is 937. The molecule has 1 spiro atoms. The van der Waals surface area contributed by atoms with E-state index < -0.39 is 23.1 Å². The van der Waals surface area contributed by atoms with Gasteiger partial charge in [-0.05, 0) is 18.1 Å². The van der Waals surface area contributed by atoms with Crippen molar-refractivity contribution in [2.24, 2.45) is 5.16 Å². The van der Waals surface area contributed by atoms with Crippen LogP contribution in [0.1, 0.15) is 37.3 Å². The molecule has 2 aromatic rings. The van der Waals surface area contributed by atoms with Crippen LogP contribution in [0.3, 0.4) is 0 Å². The number of rotatable bonds is 6. The number of hydrogen-bond acceptors (Lipinski definition) is 5. The fourth-order valence-electron chi connectivity index (χ4n) is 4.14. The number of carbonyl (C=O) groups excluding carboxylic acids is 2. The Labute approximate surface area is 175 Å². The van der Waals surface area contributed by atoms with Gasteiger partial charge in [-0.15, -0.1) is 0 Å². The Kier molecular flexibility index (Phi) is 5.44. The Morgan fingerprint density at radius 1 is 1.07 bits per heavy atom. The van der Waals surface area contributed by atoms with Gasteiger partial charge in [0.15, 0.2) is 0 Å². The maximum Gasteiger partial charge on any atom is 0.332 e. The van der Waals surface area contributed by atoms with Crippen LogP contribution in [0.25, 0.3) is 0 Å². The highest BCUT2D eigenvalue weighted by atomic mass is 16.7. The molecule has 0 saturated heterocycles. The predicted octanol–water partition coefficient (Wildman–Crippen LogP) is 3.14. The minimum atomic E-state index is -1.11. The van der Waals surface area contributed by atoms with E-state index in [4.69, 9.17) is 9.57 Å². The molecule has 4 rings (SSSR count). The molecule has 0 unspecified atom stereocenters. The van der Waals surface area contributed by atoms with Crippen LogP contribution in [-0.2, 0) is 20.9 Å². The number of nitrogens with zero attached hydrogens (tertiary/aromatic N) is 1. The fourth-order valence-corrected chi connectivity index (χ4v) is 4.14. The smallest absolute Gasteiger partial charge is 0.332 e. The molecule has 2 N–H and O–H groups in total. The van der Waals surface area contributed by atoms with E-state index in [1.165, 1.54) is 0 Å². The van der Waals surface area contributed by atoms with Crippen molar-refractivity contribution in [3.63, 3.8) is 0 Å². The maximum absolute atomic E-state index is 12.7. The van der Waals surface area contributed by atoms with E-state index in [0.29, 0.717) is 25.8 Å². The summed E-state index contributed by atoms with van der Waals surface area (Å²) in [5.74, 6) is -0.442. The average molecular weight is 407 g/mol. The Morgan fingerprint density at radius 2 is 1.73 bits per heavy atom. The molecular formula is C23H25N3O4. The van der Waals surface area contributed by atoms with Gasteiger partial charge in [-0.1, -0.05) is 65.8 Å². The Hall–Kier alpha value is -3.35. The second-order valence-electron chi connectivity index (χ2n) is 7.80. The van der Waals surface area contributed by atoms with Gasteiger partial charge in [0.25, 0.3) is 0 Å². The maximum atomic E-state index is 12.7. The lowest BCUT2D eigenvalue weighted by Gasteiger charge is -2.50. The normalized spacial score (nSPS) is 24.4. The Balaban J connectivity index is 1.40. The van der Waals surface area contributed by atoms with Crippen LogP contribution < -0.4 is 10.6 Å². The van der Waals surface area contributed by atoms with E-state index in [1.54, 1.807) is 6.92 Å². The second-order valence-corrected chi connectivity index (χ2v) is 7.80. The van der Waals surface area contributed by atoms with Crippen molar-refractivity contribution in [2.45, 2.75) is 43.9 Å². The molecule has 1 aliphatic heterocycles. The van der Waals surface area contributed by atoms with Crippen molar-refractivity contribution in [1.29, 1.82) is 0 Å². The standard InChI is InChI=1S/C23H25N3O4/c1-2-29-20(27)23(25-21(28)24-14-17-9-5-3-6-10-17)15-22(16-23)13-19(26-30-22)18-11-7-4-8-12-18/h3-12H,2,13-16H2,1H3,(H2,24,25,28). The molecule has 2 amide bonds. The monoisotopic (exact) mass is 407 g/mol. The zero-order valence-corrected chi connectivity index (χ0v) is 16.9. The highest BCUT2D eigenvalue weighted by Crippen LogP contribution is 2.50. The highest BCUT2D eigenvalue weighted by Gasteiger charge is 2.64. The molecule has 156 valence electrons. The summed E-state index contributed by atoms with van der Waals surface area (Å²) in [6.07, 6.45) is 1.22. The molecule has 1 aliphatic carbocycles. The third kappa shape index (κ3) is 4.01. The summed E-state index contributed by atoms with van der Waals surface area (Å²) in [4.78, 5) is 31.0. The van der Waals surface area contributed by atoms with Crippen molar-refractivity contribution in [3.05, 3.63) is 71.8 Å². The third-order valence-corrected chi connectivity index (χ3v) is 5.51. The summed E-state index contributed by atoms with van der Waals surface area (Å²) in [5, 5.41) is 9.88. The van der Waals surface area contributed by atoms with Gasteiger partial charge < -0.3 is 20.2 Å². The summed E-state index contributed by atoms with van der Waals surface area (Å²) < 4.78 is 5.25. The number of nitrogens with one attached hydrogen (secondary N) is 2. The van der Waals surface area contributed by atoms with Crippen LogP contribution in [-0.4, -0.2) is 35.5 Å². The number of esters is 1. The zero-order valence-electron chi connectivity index (χ0n) is 16.9. The quantitative estimate of drug-likeness (QED) is 0.720. The number of amides is 2. The van der Waals surface area contributed by atoms with Crippen LogP contribution in [0.5, 0.6) is 0 Å². The topological polar surface area (TPSA) is 89.0 Å². The lowest BCUT2D eigenvalue weighted by Crippen LogP contribution is -2.70. The predicted molar refractivity (Wildman–Crippen MR) is 112 cm³/mol. The first-order valence-electron chi connectivity index (χ1n) is 10.1. The number of urea groups is 1. The SMILES string of the molecule is CCOC(=O)C1(NC(=O)NCc2ccccc2)CC2(CC(c3ccccc3)=NO2)C1. The number of hydrogen-bond donors (Lipinski definition) is 2. The molecule has 0 atom stereocenters. The van der Waals surface area contributed by atoms with Crippen molar-refractivity contribution in [3.8, 4) is 0 Å². The molecule has 30 heavy (non-hydrogen) atoms. The minimum absolute atomic E-state index is 0.244. The van der Waals surface area contributed by atoms with E-state index in [-0.39, 0.29) is 6.61 Å². The van der Waals surface area contributed by atoms with Gasteiger partial charge in [0.1, 0.15) is 11.1 Å². The number of carbonyl (C=O) groups is 2. The second kappa shape index (κ2) is 8.18. The molecule has 0 bridgehead atoms. The number of oxime groups is 1. The van der Waals surface area contributed by atoms with Gasteiger partial charge >= 0.3 is 12.0 Å². The average Bonchev–Trinajstić information content (AvgIpc) is 3.18. The van der Waals surface area contributed by atoms with Crippen LogP contribution in [0.2, 0.25) is 0 Å². The van der Waals surface area contributed by atoms with Gasteiger partial charge in [-0.3, -0.25) is 0 Å². The molecule has 1 saturated carbocycles.